The monoisotopic (exact) mass is 292 g/mol. The van der Waals surface area contributed by atoms with E-state index in [0.29, 0.717) is 6.42 Å². The molecule has 0 aromatic heterocycles. The molecule has 0 bridgehead atoms. The molecular formula is C10H13FN2O5S. The third kappa shape index (κ3) is 5.62. The van der Waals surface area contributed by atoms with Gasteiger partial charge in [0.15, 0.2) is 5.75 Å². The van der Waals surface area contributed by atoms with E-state index >= 15 is 0 Å². The maximum atomic E-state index is 12.8. The van der Waals surface area contributed by atoms with Gasteiger partial charge in [-0.05, 0) is 18.6 Å². The Hall–Kier alpha value is -1.74. The first kappa shape index (κ1) is 15.3. The summed E-state index contributed by atoms with van der Waals surface area (Å²) in [4.78, 5) is 9.92. The average Bonchev–Trinajstić information content (AvgIpc) is 2.28. The van der Waals surface area contributed by atoms with Crippen LogP contribution in [0.1, 0.15) is 6.42 Å². The molecule has 19 heavy (non-hydrogen) atoms. The van der Waals surface area contributed by atoms with E-state index in [1.54, 1.807) is 0 Å². The summed E-state index contributed by atoms with van der Waals surface area (Å²) >= 11 is 0. The Bertz CT molecular complexity index is 561. The van der Waals surface area contributed by atoms with Crippen LogP contribution in [0.15, 0.2) is 18.2 Å². The number of hydrogen-bond donors (Lipinski definition) is 1. The normalized spacial score (nSPS) is 11.3. The summed E-state index contributed by atoms with van der Waals surface area (Å²) in [6.45, 7) is 0.239. The van der Waals surface area contributed by atoms with Gasteiger partial charge in [-0.2, -0.15) is 0 Å². The number of sulfonamides is 1. The van der Waals surface area contributed by atoms with Crippen LogP contribution < -0.4 is 9.46 Å². The molecule has 0 unspecified atom stereocenters. The van der Waals surface area contributed by atoms with Crippen molar-refractivity contribution in [3.8, 4) is 5.75 Å². The van der Waals surface area contributed by atoms with Crippen LogP contribution in [0.4, 0.5) is 10.1 Å². The summed E-state index contributed by atoms with van der Waals surface area (Å²) in [6, 6.07) is 2.98. The lowest BCUT2D eigenvalue weighted by atomic mass is 10.3. The van der Waals surface area contributed by atoms with Gasteiger partial charge in [-0.1, -0.05) is 0 Å². The van der Waals surface area contributed by atoms with E-state index < -0.39 is 26.5 Å². The molecule has 0 aliphatic carbocycles. The van der Waals surface area contributed by atoms with E-state index in [4.69, 9.17) is 4.74 Å². The lowest BCUT2D eigenvalue weighted by molar-refractivity contribution is -0.386. The van der Waals surface area contributed by atoms with E-state index in [2.05, 4.69) is 4.72 Å². The van der Waals surface area contributed by atoms with E-state index in [9.17, 15) is 22.9 Å². The Morgan fingerprint density at radius 1 is 1.47 bits per heavy atom. The van der Waals surface area contributed by atoms with Gasteiger partial charge >= 0.3 is 5.69 Å². The SMILES string of the molecule is CS(=O)(=O)NCCCOc1ccc(F)cc1[N+](=O)[O-]. The molecule has 0 spiro atoms. The molecule has 0 atom stereocenters. The lowest BCUT2D eigenvalue weighted by Gasteiger charge is -2.07. The Balaban J connectivity index is 2.52. The summed E-state index contributed by atoms with van der Waals surface area (Å²) in [5, 5.41) is 10.7. The number of nitrogens with zero attached hydrogens (tertiary/aromatic N) is 1. The lowest BCUT2D eigenvalue weighted by Crippen LogP contribution is -2.24. The maximum absolute atomic E-state index is 12.8. The molecule has 106 valence electrons. The molecule has 1 N–H and O–H groups in total. The zero-order valence-corrected chi connectivity index (χ0v) is 10.9. The number of nitrogens with one attached hydrogen (secondary N) is 1. The molecule has 0 fully saturated rings. The molecule has 0 saturated heterocycles. The molecule has 0 aliphatic rings. The molecule has 0 radical (unpaired) electrons. The number of hydrogen-bond acceptors (Lipinski definition) is 5. The van der Waals surface area contributed by atoms with Crippen LogP contribution >= 0.6 is 0 Å². The van der Waals surface area contributed by atoms with Crippen LogP contribution in [-0.2, 0) is 10.0 Å². The highest BCUT2D eigenvalue weighted by Crippen LogP contribution is 2.27. The summed E-state index contributed by atoms with van der Waals surface area (Å²) in [7, 11) is -3.26. The largest absolute Gasteiger partial charge is 0.487 e. The second kappa shape index (κ2) is 6.43. The van der Waals surface area contributed by atoms with Crippen molar-refractivity contribution in [2.75, 3.05) is 19.4 Å². The van der Waals surface area contributed by atoms with Crippen LogP contribution in [0.5, 0.6) is 5.75 Å². The van der Waals surface area contributed by atoms with Gasteiger partial charge in [0.05, 0.1) is 23.9 Å². The second-order valence-corrected chi connectivity index (χ2v) is 5.57. The second-order valence-electron chi connectivity index (χ2n) is 3.74. The molecule has 1 aromatic rings. The third-order valence-electron chi connectivity index (χ3n) is 2.06. The summed E-state index contributed by atoms with van der Waals surface area (Å²) in [5.74, 6) is -0.774. The number of nitro benzene ring substituents is 1. The van der Waals surface area contributed by atoms with Crippen molar-refractivity contribution >= 4 is 15.7 Å². The first-order chi connectivity index (χ1) is 8.79. The molecule has 1 rings (SSSR count). The summed E-state index contributed by atoms with van der Waals surface area (Å²) in [6.07, 6.45) is 1.36. The zero-order valence-electron chi connectivity index (χ0n) is 10.1. The van der Waals surface area contributed by atoms with E-state index in [0.717, 1.165) is 24.5 Å². The number of halogens is 1. The van der Waals surface area contributed by atoms with Crippen molar-refractivity contribution in [1.82, 2.24) is 4.72 Å². The van der Waals surface area contributed by atoms with Crippen molar-refractivity contribution in [3.63, 3.8) is 0 Å². The van der Waals surface area contributed by atoms with Crippen molar-refractivity contribution in [2.45, 2.75) is 6.42 Å². The van der Waals surface area contributed by atoms with Gasteiger partial charge in [-0.25, -0.2) is 17.5 Å². The standard InChI is InChI=1S/C10H13FN2O5S/c1-19(16,17)12-5-2-6-18-10-4-3-8(11)7-9(10)13(14)15/h3-4,7,12H,2,5-6H2,1H3. The van der Waals surface area contributed by atoms with Gasteiger partial charge in [0.2, 0.25) is 10.0 Å². The van der Waals surface area contributed by atoms with Crippen molar-refractivity contribution in [1.29, 1.82) is 0 Å². The fraction of sp³-hybridized carbons (Fsp3) is 0.400. The maximum Gasteiger partial charge on any atom is 0.313 e. The molecule has 0 amide bonds. The van der Waals surface area contributed by atoms with Crippen LogP contribution in [0.3, 0.4) is 0 Å². The first-order valence-corrected chi connectivity index (χ1v) is 7.20. The highest BCUT2D eigenvalue weighted by molar-refractivity contribution is 7.88. The van der Waals surface area contributed by atoms with Crippen LogP contribution in [0.2, 0.25) is 0 Å². The van der Waals surface area contributed by atoms with Gasteiger partial charge in [-0.15, -0.1) is 0 Å². The van der Waals surface area contributed by atoms with Crippen LogP contribution in [0, 0.1) is 15.9 Å². The van der Waals surface area contributed by atoms with Gasteiger partial charge < -0.3 is 4.74 Å². The van der Waals surface area contributed by atoms with E-state index in [1.165, 1.54) is 0 Å². The highest BCUT2D eigenvalue weighted by atomic mass is 32.2. The minimum Gasteiger partial charge on any atom is -0.487 e. The predicted octanol–water partition coefficient (Wildman–Crippen LogP) is 1.05. The highest BCUT2D eigenvalue weighted by Gasteiger charge is 2.16. The predicted molar refractivity (Wildman–Crippen MR) is 66.0 cm³/mol. The minimum absolute atomic E-state index is 0.0502. The third-order valence-corrected chi connectivity index (χ3v) is 2.79. The van der Waals surface area contributed by atoms with E-state index in [-0.39, 0.29) is 18.9 Å². The number of ether oxygens (including phenoxy) is 1. The van der Waals surface area contributed by atoms with Crippen LogP contribution in [0.25, 0.3) is 0 Å². The fourth-order valence-electron chi connectivity index (χ4n) is 1.27. The van der Waals surface area contributed by atoms with Gasteiger partial charge in [0, 0.05) is 6.54 Å². The molecule has 9 heteroatoms. The summed E-state index contributed by atoms with van der Waals surface area (Å²) < 4.78 is 41.7. The molecule has 0 saturated carbocycles. The van der Waals surface area contributed by atoms with Crippen molar-refractivity contribution in [3.05, 3.63) is 34.1 Å². The van der Waals surface area contributed by atoms with Crippen molar-refractivity contribution in [2.24, 2.45) is 0 Å². The topological polar surface area (TPSA) is 98.5 Å². The Kier molecular flexibility index (Phi) is 5.19. The Labute approximate surface area is 109 Å². The zero-order chi connectivity index (χ0) is 14.5. The van der Waals surface area contributed by atoms with E-state index in [1.807, 2.05) is 0 Å². The van der Waals surface area contributed by atoms with Gasteiger partial charge in [-0.3, -0.25) is 10.1 Å². The first-order valence-electron chi connectivity index (χ1n) is 5.31. The number of nitro groups is 1. The number of rotatable bonds is 7. The minimum atomic E-state index is -3.26. The molecule has 1 aromatic carbocycles. The number of benzene rings is 1. The molecule has 7 nitrogen and oxygen atoms in total. The molecule has 0 heterocycles. The van der Waals surface area contributed by atoms with Gasteiger partial charge in [0.1, 0.15) is 5.82 Å². The Morgan fingerprint density at radius 3 is 2.74 bits per heavy atom. The quantitative estimate of drug-likeness (QED) is 0.460. The smallest absolute Gasteiger partial charge is 0.313 e. The summed E-state index contributed by atoms with van der Waals surface area (Å²) in [5.41, 5.74) is -0.462. The average molecular weight is 292 g/mol. The molecular weight excluding hydrogens is 279 g/mol. The fourth-order valence-corrected chi connectivity index (χ4v) is 1.78. The Morgan fingerprint density at radius 2 is 2.16 bits per heavy atom. The van der Waals surface area contributed by atoms with Crippen molar-refractivity contribution < 1.29 is 22.5 Å². The molecule has 0 aliphatic heterocycles. The van der Waals surface area contributed by atoms with Crippen LogP contribution in [-0.4, -0.2) is 32.7 Å². The van der Waals surface area contributed by atoms with Gasteiger partial charge in [0.25, 0.3) is 0 Å².